The molecule has 1 amide bonds. The van der Waals surface area contributed by atoms with Gasteiger partial charge in [-0.15, -0.1) is 0 Å². The molecule has 0 aliphatic heterocycles. The van der Waals surface area contributed by atoms with Crippen molar-refractivity contribution in [1.29, 1.82) is 0 Å². The van der Waals surface area contributed by atoms with Crippen molar-refractivity contribution in [3.63, 3.8) is 0 Å². The first-order valence-electron chi connectivity index (χ1n) is 7.07. The van der Waals surface area contributed by atoms with Crippen molar-refractivity contribution in [3.8, 4) is 0 Å². The summed E-state index contributed by atoms with van der Waals surface area (Å²) in [6.07, 6.45) is -1.98. The summed E-state index contributed by atoms with van der Waals surface area (Å²) in [5, 5.41) is 12.5. The van der Waals surface area contributed by atoms with Gasteiger partial charge < -0.3 is 15.2 Å². The van der Waals surface area contributed by atoms with Crippen molar-refractivity contribution < 1.29 is 23.4 Å². The van der Waals surface area contributed by atoms with Crippen molar-refractivity contribution in [2.45, 2.75) is 25.7 Å². The van der Waals surface area contributed by atoms with Gasteiger partial charge >= 0.3 is 6.09 Å². The molecule has 122 valence electrons. The number of nitrogens with one attached hydrogen (secondary N) is 1. The number of aliphatic hydroxyl groups is 1. The Hall–Kier alpha value is -2.47. The van der Waals surface area contributed by atoms with Gasteiger partial charge in [-0.1, -0.05) is 30.3 Å². The van der Waals surface area contributed by atoms with Crippen molar-refractivity contribution in [3.05, 3.63) is 71.3 Å². The Labute approximate surface area is 132 Å². The number of alkyl carbamates (subject to hydrolysis) is 1. The van der Waals surface area contributed by atoms with Gasteiger partial charge in [0.1, 0.15) is 18.2 Å². The molecule has 0 saturated heterocycles. The molecule has 0 unspecified atom stereocenters. The molecule has 0 fully saturated rings. The molecule has 4 nitrogen and oxygen atoms in total. The zero-order chi connectivity index (χ0) is 16.8. The standard InChI is InChI=1S/C17H17F2NO3/c1-11(16(21)13-7-14(18)9-15(19)8-13)20-17(22)23-10-12-5-3-2-4-6-12/h2-9,11,16,21H,10H2,1H3,(H,20,22)/t11-,16+/m0/s1. The molecule has 2 atom stereocenters. The maximum absolute atomic E-state index is 13.2. The molecule has 2 rings (SSSR count). The van der Waals surface area contributed by atoms with Crippen LogP contribution in [-0.2, 0) is 11.3 Å². The lowest BCUT2D eigenvalue weighted by Crippen LogP contribution is -2.37. The van der Waals surface area contributed by atoms with Gasteiger partial charge in [0.2, 0.25) is 0 Å². The second kappa shape index (κ2) is 7.69. The van der Waals surface area contributed by atoms with E-state index in [1.807, 2.05) is 18.2 Å². The summed E-state index contributed by atoms with van der Waals surface area (Å²) in [5.41, 5.74) is 0.862. The molecule has 0 bridgehead atoms. The van der Waals surface area contributed by atoms with E-state index in [-0.39, 0.29) is 12.2 Å². The van der Waals surface area contributed by atoms with Crippen molar-refractivity contribution in [2.24, 2.45) is 0 Å². The molecule has 2 N–H and O–H groups in total. The van der Waals surface area contributed by atoms with Crippen LogP contribution in [0.4, 0.5) is 13.6 Å². The van der Waals surface area contributed by atoms with E-state index in [1.54, 1.807) is 12.1 Å². The van der Waals surface area contributed by atoms with Crippen LogP contribution in [0.5, 0.6) is 0 Å². The highest BCUT2D eigenvalue weighted by atomic mass is 19.1. The van der Waals surface area contributed by atoms with E-state index in [4.69, 9.17) is 4.74 Å². The van der Waals surface area contributed by atoms with Gasteiger partial charge in [-0.05, 0) is 30.2 Å². The normalized spacial score (nSPS) is 13.2. The highest BCUT2D eigenvalue weighted by Gasteiger charge is 2.20. The lowest BCUT2D eigenvalue weighted by molar-refractivity contribution is 0.106. The number of aliphatic hydroxyl groups excluding tert-OH is 1. The zero-order valence-electron chi connectivity index (χ0n) is 12.5. The SMILES string of the molecule is C[C@H](NC(=O)OCc1ccccc1)[C@@H](O)c1cc(F)cc(F)c1. The Balaban J connectivity index is 1.89. The quantitative estimate of drug-likeness (QED) is 0.888. The van der Waals surface area contributed by atoms with E-state index >= 15 is 0 Å². The molecular weight excluding hydrogens is 304 g/mol. The van der Waals surface area contributed by atoms with Gasteiger partial charge in [-0.3, -0.25) is 0 Å². The molecular formula is C17H17F2NO3. The Morgan fingerprint density at radius 1 is 1.17 bits per heavy atom. The average Bonchev–Trinajstić information content (AvgIpc) is 2.52. The summed E-state index contributed by atoms with van der Waals surface area (Å²) < 4.78 is 31.3. The second-order valence-corrected chi connectivity index (χ2v) is 5.14. The first-order valence-corrected chi connectivity index (χ1v) is 7.07. The first kappa shape index (κ1) is 16.9. The third-order valence-corrected chi connectivity index (χ3v) is 3.26. The fraction of sp³-hybridized carbons (Fsp3) is 0.235. The molecule has 0 aliphatic carbocycles. The Morgan fingerprint density at radius 3 is 2.39 bits per heavy atom. The van der Waals surface area contributed by atoms with E-state index in [9.17, 15) is 18.7 Å². The highest BCUT2D eigenvalue weighted by molar-refractivity contribution is 5.67. The molecule has 0 saturated carbocycles. The van der Waals surface area contributed by atoms with Crippen LogP contribution in [0.1, 0.15) is 24.2 Å². The number of halogens is 2. The topological polar surface area (TPSA) is 58.6 Å². The number of hydrogen-bond donors (Lipinski definition) is 2. The second-order valence-electron chi connectivity index (χ2n) is 5.14. The van der Waals surface area contributed by atoms with Crippen LogP contribution in [0, 0.1) is 11.6 Å². The third-order valence-electron chi connectivity index (χ3n) is 3.26. The molecule has 23 heavy (non-hydrogen) atoms. The molecule has 2 aromatic carbocycles. The molecule has 2 aromatic rings. The fourth-order valence-electron chi connectivity index (χ4n) is 2.06. The maximum atomic E-state index is 13.2. The largest absolute Gasteiger partial charge is 0.445 e. The molecule has 0 spiro atoms. The third kappa shape index (κ3) is 5.03. The molecule has 0 aromatic heterocycles. The summed E-state index contributed by atoms with van der Waals surface area (Å²) in [6, 6.07) is 11.1. The fourth-order valence-corrected chi connectivity index (χ4v) is 2.06. The van der Waals surface area contributed by atoms with Crippen LogP contribution in [0.25, 0.3) is 0 Å². The smallest absolute Gasteiger partial charge is 0.407 e. The minimum atomic E-state index is -1.26. The zero-order valence-corrected chi connectivity index (χ0v) is 12.5. The van der Waals surface area contributed by atoms with Gasteiger partial charge in [0, 0.05) is 6.07 Å². The van der Waals surface area contributed by atoms with Crippen LogP contribution in [0.3, 0.4) is 0 Å². The van der Waals surface area contributed by atoms with Crippen LogP contribution >= 0.6 is 0 Å². The average molecular weight is 321 g/mol. The first-order chi connectivity index (χ1) is 11.0. The number of rotatable bonds is 5. The molecule has 0 aliphatic rings. The summed E-state index contributed by atoms with van der Waals surface area (Å²) in [6.45, 7) is 1.60. The number of ether oxygens (including phenoxy) is 1. The Morgan fingerprint density at radius 2 is 1.78 bits per heavy atom. The van der Waals surface area contributed by atoms with Gasteiger partial charge in [-0.2, -0.15) is 0 Å². The number of amides is 1. The van der Waals surface area contributed by atoms with Crippen molar-refractivity contribution in [2.75, 3.05) is 0 Å². The Kier molecular flexibility index (Phi) is 5.65. The molecule has 6 heteroatoms. The maximum Gasteiger partial charge on any atom is 0.407 e. The van der Waals surface area contributed by atoms with Gasteiger partial charge in [-0.25, -0.2) is 13.6 Å². The minimum absolute atomic E-state index is 0.0401. The van der Waals surface area contributed by atoms with Gasteiger partial charge in [0.05, 0.1) is 12.1 Å². The van der Waals surface area contributed by atoms with E-state index in [2.05, 4.69) is 5.32 Å². The summed E-state index contributed by atoms with van der Waals surface area (Å²) >= 11 is 0. The van der Waals surface area contributed by atoms with Crippen LogP contribution in [0.2, 0.25) is 0 Å². The lowest BCUT2D eigenvalue weighted by Gasteiger charge is -2.20. The number of carbonyl (C=O) groups excluding carboxylic acids is 1. The van der Waals surface area contributed by atoms with Gasteiger partial charge in [0.15, 0.2) is 0 Å². The predicted molar refractivity (Wildman–Crippen MR) is 80.5 cm³/mol. The van der Waals surface area contributed by atoms with E-state index in [0.717, 1.165) is 17.7 Å². The van der Waals surface area contributed by atoms with E-state index in [0.29, 0.717) is 6.07 Å². The minimum Gasteiger partial charge on any atom is -0.445 e. The van der Waals surface area contributed by atoms with E-state index < -0.39 is 29.9 Å². The van der Waals surface area contributed by atoms with Crippen LogP contribution in [-0.4, -0.2) is 17.2 Å². The molecule has 0 radical (unpaired) electrons. The molecule has 0 heterocycles. The monoisotopic (exact) mass is 321 g/mol. The van der Waals surface area contributed by atoms with Gasteiger partial charge in [0.25, 0.3) is 0 Å². The predicted octanol–water partition coefficient (Wildman–Crippen LogP) is 3.31. The van der Waals surface area contributed by atoms with Crippen LogP contribution in [0.15, 0.2) is 48.5 Å². The summed E-state index contributed by atoms with van der Waals surface area (Å²) in [7, 11) is 0. The summed E-state index contributed by atoms with van der Waals surface area (Å²) in [5.74, 6) is -1.59. The highest BCUT2D eigenvalue weighted by Crippen LogP contribution is 2.19. The van der Waals surface area contributed by atoms with Crippen molar-refractivity contribution in [1.82, 2.24) is 5.32 Å². The lowest BCUT2D eigenvalue weighted by atomic mass is 10.0. The van der Waals surface area contributed by atoms with Crippen LogP contribution < -0.4 is 5.32 Å². The van der Waals surface area contributed by atoms with Crippen molar-refractivity contribution >= 4 is 6.09 Å². The number of carbonyl (C=O) groups is 1. The van der Waals surface area contributed by atoms with E-state index in [1.165, 1.54) is 6.92 Å². The number of hydrogen-bond acceptors (Lipinski definition) is 3. The Bertz CT molecular complexity index is 644. The summed E-state index contributed by atoms with van der Waals surface area (Å²) in [4.78, 5) is 11.7. The number of benzene rings is 2.